The van der Waals surface area contributed by atoms with Crippen molar-refractivity contribution in [2.75, 3.05) is 0 Å². The van der Waals surface area contributed by atoms with E-state index in [0.29, 0.717) is 16.4 Å². The van der Waals surface area contributed by atoms with Crippen LogP contribution in [-0.4, -0.2) is 14.7 Å². The molecular formula is C18H13ClN4O3S. The quantitative estimate of drug-likeness (QED) is 0.240. The lowest BCUT2D eigenvalue weighted by Crippen LogP contribution is -3.00. The Kier molecular flexibility index (Phi) is 5.20. The summed E-state index contributed by atoms with van der Waals surface area (Å²) in [5, 5.41) is 14.2. The molecule has 9 heteroatoms. The third kappa shape index (κ3) is 3.40. The molecule has 4 rings (SSSR count). The van der Waals surface area contributed by atoms with Crippen molar-refractivity contribution < 1.29 is 26.3 Å². The van der Waals surface area contributed by atoms with Crippen LogP contribution in [0, 0.1) is 14.9 Å². The molecule has 2 aromatic carbocycles. The van der Waals surface area contributed by atoms with Crippen molar-refractivity contribution in [1.82, 2.24) is 9.78 Å². The first-order valence-electron chi connectivity index (χ1n) is 7.77. The van der Waals surface area contributed by atoms with E-state index in [2.05, 4.69) is 5.10 Å². The average molecular weight is 401 g/mol. The van der Waals surface area contributed by atoms with Gasteiger partial charge in [0.05, 0.1) is 6.07 Å². The molecule has 0 radical (unpaired) electrons. The number of aromatic amines is 1. The second-order valence-electron chi connectivity index (χ2n) is 5.48. The molecule has 0 aliphatic heterocycles. The average Bonchev–Trinajstić information content (AvgIpc) is 3.28. The Hall–Kier alpha value is -3.23. The van der Waals surface area contributed by atoms with Gasteiger partial charge in [-0.05, 0) is 42.5 Å². The maximum Gasteiger partial charge on any atom is 0.433 e. The number of aromatic nitrogens is 3. The summed E-state index contributed by atoms with van der Waals surface area (Å²) in [5.41, 5.74) is 1.64. The Labute approximate surface area is 165 Å². The Morgan fingerprint density at radius 2 is 1.63 bits per heavy atom. The number of para-hydroxylation sites is 2. The van der Waals surface area contributed by atoms with E-state index in [1.165, 1.54) is 6.07 Å². The van der Waals surface area contributed by atoms with Crippen molar-refractivity contribution in [3.8, 4) is 23.0 Å². The van der Waals surface area contributed by atoms with E-state index >= 15 is 0 Å². The minimum atomic E-state index is -0.565. The maximum atomic E-state index is 11.0. The highest BCUT2D eigenvalue weighted by atomic mass is 35.5. The van der Waals surface area contributed by atoms with Gasteiger partial charge in [0.15, 0.2) is 0 Å². The molecule has 2 aromatic heterocycles. The van der Waals surface area contributed by atoms with Gasteiger partial charge in [-0.1, -0.05) is 36.4 Å². The van der Waals surface area contributed by atoms with Crippen molar-refractivity contribution in [1.29, 1.82) is 0 Å². The Morgan fingerprint density at radius 1 is 1.00 bits per heavy atom. The number of halogens is 1. The van der Waals surface area contributed by atoms with E-state index in [4.69, 9.17) is 16.6 Å². The van der Waals surface area contributed by atoms with Crippen molar-refractivity contribution in [3.63, 3.8) is 0 Å². The zero-order valence-corrected chi connectivity index (χ0v) is 15.4. The van der Waals surface area contributed by atoms with E-state index in [1.54, 1.807) is 15.3 Å². The number of furan rings is 1. The highest BCUT2D eigenvalue weighted by molar-refractivity contribution is 7.71. The molecule has 4 aromatic rings. The first-order valence-corrected chi connectivity index (χ1v) is 8.18. The summed E-state index contributed by atoms with van der Waals surface area (Å²) in [7, 11) is 0. The molecular weight excluding hydrogens is 388 g/mol. The third-order valence-corrected chi connectivity index (χ3v) is 4.13. The highest BCUT2D eigenvalue weighted by Crippen LogP contribution is 2.26. The number of hydrogen-bond acceptors (Lipinski definition) is 4. The van der Waals surface area contributed by atoms with Crippen LogP contribution < -0.4 is 17.0 Å². The fraction of sp³-hybridized carbons (Fsp3) is 0. The summed E-state index contributed by atoms with van der Waals surface area (Å²) >= 11 is 5.51. The second kappa shape index (κ2) is 7.56. The van der Waals surface area contributed by atoms with Gasteiger partial charge < -0.3 is 16.8 Å². The molecule has 2 heterocycles. The van der Waals surface area contributed by atoms with Gasteiger partial charge in [-0.25, -0.2) is 0 Å². The van der Waals surface area contributed by atoms with E-state index in [9.17, 15) is 10.1 Å². The van der Waals surface area contributed by atoms with Crippen LogP contribution >= 0.6 is 12.2 Å². The highest BCUT2D eigenvalue weighted by Gasteiger charge is 2.28. The number of nitro groups is 1. The topological polar surface area (TPSA) is 80.9 Å². The van der Waals surface area contributed by atoms with E-state index < -0.39 is 4.92 Å². The summed E-state index contributed by atoms with van der Waals surface area (Å²) in [6.45, 7) is 0. The monoisotopic (exact) mass is 400 g/mol. The molecule has 0 spiro atoms. The van der Waals surface area contributed by atoms with Gasteiger partial charge in [0.1, 0.15) is 16.3 Å². The van der Waals surface area contributed by atoms with Gasteiger partial charge in [-0.3, -0.25) is 10.1 Å². The molecule has 0 saturated carbocycles. The fourth-order valence-corrected chi connectivity index (χ4v) is 3.02. The molecule has 0 aliphatic rings. The van der Waals surface area contributed by atoms with Crippen LogP contribution in [0.3, 0.4) is 0 Å². The van der Waals surface area contributed by atoms with Gasteiger partial charge in [0.25, 0.3) is 0 Å². The molecule has 0 aliphatic carbocycles. The van der Waals surface area contributed by atoms with Gasteiger partial charge in [0, 0.05) is 0 Å². The van der Waals surface area contributed by atoms with Crippen molar-refractivity contribution in [2.45, 2.75) is 0 Å². The van der Waals surface area contributed by atoms with Crippen LogP contribution in [-0.2, 0) is 0 Å². The minimum absolute atomic E-state index is 0. The number of nitrogens with one attached hydrogen (secondary N) is 1. The molecule has 0 fully saturated rings. The Balaban J connectivity index is 0.00000210. The molecule has 0 atom stereocenters. The summed E-state index contributed by atoms with van der Waals surface area (Å²) in [5.74, 6) is 0.559. The molecule has 0 saturated heterocycles. The largest absolute Gasteiger partial charge is 1.00 e. The molecule has 1 N–H and O–H groups in total. The number of H-pyrrole nitrogens is 1. The summed E-state index contributed by atoms with van der Waals surface area (Å²) < 4.78 is 9.43. The molecule has 136 valence electrons. The summed E-state index contributed by atoms with van der Waals surface area (Å²) in [6, 6.07) is 21.9. The molecule has 0 amide bonds. The molecule has 0 bridgehead atoms. The van der Waals surface area contributed by atoms with Crippen molar-refractivity contribution >= 4 is 18.1 Å². The predicted octanol–water partition coefficient (Wildman–Crippen LogP) is 0.984. The minimum Gasteiger partial charge on any atom is -1.00 e. The Bertz CT molecular complexity index is 1140. The lowest BCUT2D eigenvalue weighted by Gasteiger charge is -2.02. The normalized spacial score (nSPS) is 10.4. The zero-order chi connectivity index (χ0) is 18.1. The van der Waals surface area contributed by atoms with Crippen LogP contribution in [0.5, 0.6) is 0 Å². The maximum absolute atomic E-state index is 11.0. The van der Waals surface area contributed by atoms with Crippen LogP contribution in [0.4, 0.5) is 5.88 Å². The summed E-state index contributed by atoms with van der Waals surface area (Å²) in [6.07, 6.45) is 0. The van der Waals surface area contributed by atoms with E-state index in [0.717, 1.165) is 11.4 Å². The van der Waals surface area contributed by atoms with Crippen molar-refractivity contribution in [2.24, 2.45) is 0 Å². The zero-order valence-electron chi connectivity index (χ0n) is 13.8. The molecule has 7 nitrogen and oxygen atoms in total. The lowest BCUT2D eigenvalue weighted by atomic mass is 10.3. The van der Waals surface area contributed by atoms with Gasteiger partial charge in [0.2, 0.25) is 5.76 Å². The van der Waals surface area contributed by atoms with Gasteiger partial charge >= 0.3 is 16.5 Å². The lowest BCUT2D eigenvalue weighted by molar-refractivity contribution is -0.592. The Morgan fingerprint density at radius 3 is 2.22 bits per heavy atom. The second-order valence-corrected chi connectivity index (χ2v) is 5.86. The molecule has 0 unspecified atom stereocenters. The smallest absolute Gasteiger partial charge is 0.433 e. The van der Waals surface area contributed by atoms with Gasteiger partial charge in [-0.2, -0.15) is 4.57 Å². The van der Waals surface area contributed by atoms with E-state index in [1.807, 2.05) is 60.7 Å². The predicted molar refractivity (Wildman–Crippen MR) is 96.8 cm³/mol. The number of hydrogen-bond donors (Lipinski definition) is 1. The van der Waals surface area contributed by atoms with Crippen LogP contribution in [0.25, 0.3) is 23.0 Å². The number of benzene rings is 2. The number of rotatable bonds is 4. The van der Waals surface area contributed by atoms with Crippen LogP contribution in [0.1, 0.15) is 0 Å². The molecule has 27 heavy (non-hydrogen) atoms. The number of nitrogens with zero attached hydrogens (tertiary/aromatic N) is 3. The summed E-state index contributed by atoms with van der Waals surface area (Å²) in [4.78, 5) is 10.5. The van der Waals surface area contributed by atoms with E-state index in [-0.39, 0.29) is 18.3 Å². The standard InChI is InChI=1S/C18H12N4O3S.ClH/c23-22(24)16-12-11-15(25-16)17-20(13-7-3-1-4-8-13)18(26)19-21(17)14-9-5-2-6-10-14;/h1-12H;1H. The first-order chi connectivity index (χ1) is 12.6. The van der Waals surface area contributed by atoms with Gasteiger partial charge in [-0.15, -0.1) is 9.78 Å². The first kappa shape index (κ1) is 18.6. The fourth-order valence-electron chi connectivity index (χ4n) is 2.74. The van der Waals surface area contributed by atoms with Crippen LogP contribution in [0.15, 0.2) is 77.2 Å². The van der Waals surface area contributed by atoms with Crippen molar-refractivity contribution in [3.05, 3.63) is 87.7 Å². The van der Waals surface area contributed by atoms with Crippen LogP contribution in [0.2, 0.25) is 0 Å². The third-order valence-electron chi connectivity index (χ3n) is 3.86. The SMILES string of the molecule is O=[N+]([O-])c1ccc(-c2n(-c3ccccc3)[nH]c(=S)[n+]2-c2ccccc2)o1.[Cl-].